The fourth-order valence-electron chi connectivity index (χ4n) is 1.92. The van der Waals surface area contributed by atoms with Crippen LogP contribution >= 0.6 is 0 Å². The second-order valence-electron chi connectivity index (χ2n) is 4.21. The number of rotatable bonds is 3. The van der Waals surface area contributed by atoms with Gasteiger partial charge in [-0.1, -0.05) is 12.1 Å². The van der Waals surface area contributed by atoms with E-state index in [1.165, 1.54) is 25.2 Å². The Morgan fingerprint density at radius 1 is 1.35 bits per heavy atom. The van der Waals surface area contributed by atoms with E-state index in [1.54, 1.807) is 0 Å². The molecule has 20 heavy (non-hydrogen) atoms. The van der Waals surface area contributed by atoms with Crippen LogP contribution in [0.15, 0.2) is 29.4 Å². The zero-order chi connectivity index (χ0) is 15.1. The molecule has 2 aromatic rings. The van der Waals surface area contributed by atoms with E-state index in [0.717, 1.165) is 16.9 Å². The summed E-state index contributed by atoms with van der Waals surface area (Å²) in [6.45, 7) is 0. The maximum Gasteiger partial charge on any atom is 0.356 e. The lowest BCUT2D eigenvalue weighted by Gasteiger charge is -2.06. The molecule has 0 fully saturated rings. The van der Waals surface area contributed by atoms with Gasteiger partial charge in [0.2, 0.25) is 15.0 Å². The van der Waals surface area contributed by atoms with Gasteiger partial charge < -0.3 is 9.67 Å². The van der Waals surface area contributed by atoms with E-state index in [9.17, 15) is 17.6 Å². The fourth-order valence-corrected chi connectivity index (χ4v) is 2.77. The summed E-state index contributed by atoms with van der Waals surface area (Å²) in [4.78, 5) is 14.8. The SMILES string of the molecule is Cn1c(S(C)(=O)=O)nc(C(=O)O)c1-c1ccccc1F. The highest BCUT2D eigenvalue weighted by molar-refractivity contribution is 7.90. The molecule has 1 aromatic carbocycles. The largest absolute Gasteiger partial charge is 0.476 e. The van der Waals surface area contributed by atoms with Crippen LogP contribution in [0.3, 0.4) is 0 Å². The molecule has 1 heterocycles. The molecule has 1 N–H and O–H groups in total. The third-order valence-corrected chi connectivity index (χ3v) is 3.75. The van der Waals surface area contributed by atoms with Crippen LogP contribution in [0, 0.1) is 5.82 Å². The van der Waals surface area contributed by atoms with Crippen LogP contribution in [0.25, 0.3) is 11.3 Å². The summed E-state index contributed by atoms with van der Waals surface area (Å²) >= 11 is 0. The number of sulfone groups is 1. The van der Waals surface area contributed by atoms with Gasteiger partial charge in [0.05, 0.1) is 5.69 Å². The summed E-state index contributed by atoms with van der Waals surface area (Å²) in [5.74, 6) is -2.08. The van der Waals surface area contributed by atoms with Gasteiger partial charge >= 0.3 is 5.97 Å². The molecule has 1 aromatic heterocycles. The first kappa shape index (κ1) is 14.2. The standard InChI is InChI=1S/C12H11FN2O4S/c1-15-10(7-5-3-4-6-8(7)13)9(11(16)17)14-12(15)20(2,18)19/h3-6H,1-2H3,(H,16,17). The highest BCUT2D eigenvalue weighted by Crippen LogP contribution is 2.28. The lowest BCUT2D eigenvalue weighted by Crippen LogP contribution is -2.06. The Balaban J connectivity index is 2.86. The minimum absolute atomic E-state index is 0.0187. The summed E-state index contributed by atoms with van der Waals surface area (Å²) in [5, 5.41) is 8.71. The second kappa shape index (κ2) is 4.71. The molecule has 6 nitrogen and oxygen atoms in total. The summed E-state index contributed by atoms with van der Waals surface area (Å²) in [6.07, 6.45) is 0.909. The number of hydrogen-bond acceptors (Lipinski definition) is 4. The molecule has 0 aliphatic heterocycles. The van der Waals surface area contributed by atoms with E-state index in [2.05, 4.69) is 4.98 Å². The third-order valence-electron chi connectivity index (χ3n) is 2.72. The van der Waals surface area contributed by atoms with Crippen molar-refractivity contribution in [3.63, 3.8) is 0 Å². The van der Waals surface area contributed by atoms with E-state index in [4.69, 9.17) is 5.11 Å². The third kappa shape index (κ3) is 2.29. The zero-order valence-corrected chi connectivity index (χ0v) is 11.5. The Bertz CT molecular complexity index is 796. The number of imidazole rings is 1. The fraction of sp³-hybridized carbons (Fsp3) is 0.167. The number of aromatic carboxylic acids is 1. The number of benzene rings is 1. The highest BCUT2D eigenvalue weighted by Gasteiger charge is 2.27. The first-order valence-corrected chi connectivity index (χ1v) is 7.37. The average molecular weight is 298 g/mol. The van der Waals surface area contributed by atoms with E-state index < -0.39 is 32.5 Å². The van der Waals surface area contributed by atoms with Gasteiger partial charge in [-0.3, -0.25) is 0 Å². The van der Waals surface area contributed by atoms with Crippen molar-refractivity contribution in [2.24, 2.45) is 7.05 Å². The Morgan fingerprint density at radius 3 is 2.45 bits per heavy atom. The van der Waals surface area contributed by atoms with Crippen LogP contribution in [-0.2, 0) is 16.9 Å². The molecule has 0 spiro atoms. The topological polar surface area (TPSA) is 89.3 Å². The molecule has 0 atom stereocenters. The first-order valence-electron chi connectivity index (χ1n) is 5.48. The van der Waals surface area contributed by atoms with Crippen molar-refractivity contribution in [1.82, 2.24) is 9.55 Å². The summed E-state index contributed by atoms with van der Waals surface area (Å²) in [5.41, 5.74) is -0.608. The molecule has 0 aliphatic rings. The van der Waals surface area contributed by atoms with Crippen LogP contribution < -0.4 is 0 Å². The van der Waals surface area contributed by atoms with Crippen LogP contribution in [0.5, 0.6) is 0 Å². The van der Waals surface area contributed by atoms with Crippen LogP contribution in [0.2, 0.25) is 0 Å². The Morgan fingerprint density at radius 2 is 1.95 bits per heavy atom. The van der Waals surface area contributed by atoms with Crippen molar-refractivity contribution < 1.29 is 22.7 Å². The van der Waals surface area contributed by atoms with Crippen molar-refractivity contribution in [1.29, 1.82) is 0 Å². The van der Waals surface area contributed by atoms with Gasteiger partial charge in [-0.25, -0.2) is 22.6 Å². The van der Waals surface area contributed by atoms with Crippen LogP contribution in [-0.4, -0.2) is 35.3 Å². The second-order valence-corrected chi connectivity index (χ2v) is 6.12. The number of carboxylic acid groups (broad SMARTS) is 1. The van der Waals surface area contributed by atoms with Crippen LogP contribution in [0.1, 0.15) is 10.5 Å². The lowest BCUT2D eigenvalue weighted by molar-refractivity contribution is 0.0691. The van der Waals surface area contributed by atoms with E-state index in [1.807, 2.05) is 0 Å². The van der Waals surface area contributed by atoms with E-state index in [-0.39, 0.29) is 11.3 Å². The molecular formula is C12H11FN2O4S. The number of nitrogens with zero attached hydrogens (tertiary/aromatic N) is 2. The number of halogens is 1. The quantitative estimate of drug-likeness (QED) is 0.923. The molecule has 0 bridgehead atoms. The van der Waals surface area contributed by atoms with Crippen molar-refractivity contribution >= 4 is 15.8 Å². The number of hydrogen-bond donors (Lipinski definition) is 1. The molecule has 2 rings (SSSR count). The average Bonchev–Trinajstić information content (AvgIpc) is 2.67. The predicted octanol–water partition coefficient (Wildman–Crippen LogP) is 1.33. The molecule has 0 unspecified atom stereocenters. The van der Waals surface area contributed by atoms with Crippen molar-refractivity contribution in [2.45, 2.75) is 5.16 Å². The Kier molecular flexibility index (Phi) is 3.34. The molecule has 0 radical (unpaired) electrons. The van der Waals surface area contributed by atoms with Gasteiger partial charge in [0, 0.05) is 18.9 Å². The van der Waals surface area contributed by atoms with Gasteiger partial charge in [-0.2, -0.15) is 0 Å². The Hall–Kier alpha value is -2.22. The van der Waals surface area contributed by atoms with Crippen molar-refractivity contribution in [2.75, 3.05) is 6.26 Å². The zero-order valence-electron chi connectivity index (χ0n) is 10.7. The van der Waals surface area contributed by atoms with E-state index >= 15 is 0 Å². The van der Waals surface area contributed by atoms with Gasteiger partial charge in [0.1, 0.15) is 5.82 Å². The molecule has 0 aliphatic carbocycles. The van der Waals surface area contributed by atoms with E-state index in [0.29, 0.717) is 0 Å². The number of carbonyl (C=O) groups is 1. The van der Waals surface area contributed by atoms with Crippen molar-refractivity contribution in [3.8, 4) is 11.3 Å². The maximum absolute atomic E-state index is 13.8. The van der Waals surface area contributed by atoms with Gasteiger partial charge in [-0.15, -0.1) is 0 Å². The molecule has 8 heteroatoms. The smallest absolute Gasteiger partial charge is 0.356 e. The molecular weight excluding hydrogens is 287 g/mol. The van der Waals surface area contributed by atoms with Gasteiger partial charge in [0.25, 0.3) is 0 Å². The van der Waals surface area contributed by atoms with Crippen molar-refractivity contribution in [3.05, 3.63) is 35.8 Å². The number of carboxylic acids is 1. The molecule has 0 amide bonds. The molecule has 0 saturated heterocycles. The normalized spacial score (nSPS) is 11.6. The minimum Gasteiger partial charge on any atom is -0.476 e. The highest BCUT2D eigenvalue weighted by atomic mass is 32.2. The number of aromatic nitrogens is 2. The summed E-state index contributed by atoms with van der Waals surface area (Å²) < 4.78 is 38.1. The maximum atomic E-state index is 13.8. The predicted molar refractivity (Wildman–Crippen MR) is 68.7 cm³/mol. The minimum atomic E-state index is -3.72. The molecule has 0 saturated carbocycles. The molecule has 106 valence electrons. The summed E-state index contributed by atoms with van der Waals surface area (Å²) in [7, 11) is -2.39. The Labute approximate surface area is 114 Å². The van der Waals surface area contributed by atoms with Gasteiger partial charge in [0.15, 0.2) is 5.69 Å². The summed E-state index contributed by atoms with van der Waals surface area (Å²) in [6, 6.07) is 5.50. The first-order chi connectivity index (χ1) is 9.23. The van der Waals surface area contributed by atoms with Gasteiger partial charge in [-0.05, 0) is 12.1 Å². The lowest BCUT2D eigenvalue weighted by atomic mass is 10.1. The monoisotopic (exact) mass is 298 g/mol. The van der Waals surface area contributed by atoms with Crippen LogP contribution in [0.4, 0.5) is 4.39 Å².